The monoisotopic (exact) mass is 495 g/mol. The average Bonchev–Trinajstić information content (AvgIpc) is 2.61. The summed E-state index contributed by atoms with van der Waals surface area (Å²) in [7, 11) is 0.673. The lowest BCUT2D eigenvalue weighted by atomic mass is 9.96. The Balaban J connectivity index is 0.00000338. The van der Waals surface area contributed by atoms with Gasteiger partial charge in [0.1, 0.15) is 0 Å². The second-order valence-corrected chi connectivity index (χ2v) is 8.60. The van der Waals surface area contributed by atoms with Crippen LogP contribution in [0.5, 0.6) is 0 Å². The predicted octanol–water partition coefficient (Wildman–Crippen LogP) is 2.53. The van der Waals surface area contributed by atoms with E-state index in [-0.39, 0.29) is 24.0 Å². The first kappa shape index (κ1) is 23.2. The zero-order chi connectivity index (χ0) is 18.3. The van der Waals surface area contributed by atoms with E-state index in [4.69, 9.17) is 4.74 Å². The topological polar surface area (TPSA) is 71.0 Å². The third-order valence-electron chi connectivity index (χ3n) is 4.59. The number of rotatable bonds is 6. The maximum Gasteiger partial charge on any atom is 0.193 e. The van der Waals surface area contributed by atoms with Gasteiger partial charge in [-0.05, 0) is 42.9 Å². The highest BCUT2D eigenvalue weighted by atomic mass is 127. The van der Waals surface area contributed by atoms with Gasteiger partial charge in [0.25, 0.3) is 0 Å². The maximum absolute atomic E-state index is 11.5. The average molecular weight is 495 g/mol. The molecule has 1 aromatic rings. The van der Waals surface area contributed by atoms with Crippen molar-refractivity contribution >= 4 is 39.8 Å². The van der Waals surface area contributed by atoms with E-state index in [0.717, 1.165) is 56.5 Å². The Morgan fingerprint density at radius 2 is 1.88 bits per heavy atom. The van der Waals surface area contributed by atoms with Crippen LogP contribution in [0.25, 0.3) is 0 Å². The minimum atomic E-state index is -3.15. The number of hydrogen-bond donors (Lipinski definition) is 1. The van der Waals surface area contributed by atoms with Crippen molar-refractivity contribution in [1.29, 1.82) is 0 Å². The van der Waals surface area contributed by atoms with Crippen LogP contribution in [0.2, 0.25) is 0 Å². The molecule has 2 rings (SSSR count). The van der Waals surface area contributed by atoms with Gasteiger partial charge in [-0.15, -0.1) is 24.0 Å². The van der Waals surface area contributed by atoms with Crippen molar-refractivity contribution in [3.05, 3.63) is 29.8 Å². The zero-order valence-corrected chi connectivity index (χ0v) is 18.9. The number of benzene rings is 1. The zero-order valence-electron chi connectivity index (χ0n) is 15.8. The van der Waals surface area contributed by atoms with Gasteiger partial charge in [-0.25, -0.2) is 8.42 Å². The molecule has 1 N–H and O–H groups in total. The fourth-order valence-corrected chi connectivity index (χ4v) is 3.57. The standard InChI is InChI=1S/C18H29N3O3S.HI/c1-19-18(21(2)11-8-15-9-12-24-13-10-15)20-14-16-4-6-17(7-5-16)25(3,22)23;/h4-7,15H,8-14H2,1-3H3,(H,19,20);1H. The third-order valence-corrected chi connectivity index (χ3v) is 5.72. The van der Waals surface area contributed by atoms with Crippen molar-refractivity contribution < 1.29 is 13.2 Å². The summed E-state index contributed by atoms with van der Waals surface area (Å²) in [4.78, 5) is 6.82. The summed E-state index contributed by atoms with van der Waals surface area (Å²) in [5.74, 6) is 1.58. The number of aliphatic imine (C=N–C) groups is 1. The van der Waals surface area contributed by atoms with Crippen molar-refractivity contribution in [1.82, 2.24) is 10.2 Å². The lowest BCUT2D eigenvalue weighted by Crippen LogP contribution is -2.39. The molecule has 0 aliphatic carbocycles. The van der Waals surface area contributed by atoms with E-state index in [1.807, 2.05) is 19.2 Å². The first-order valence-electron chi connectivity index (χ1n) is 8.68. The Hall–Kier alpha value is -0.870. The van der Waals surface area contributed by atoms with Gasteiger partial charge < -0.3 is 15.0 Å². The van der Waals surface area contributed by atoms with Crippen LogP contribution in [0.4, 0.5) is 0 Å². The molecule has 6 nitrogen and oxygen atoms in total. The van der Waals surface area contributed by atoms with E-state index in [1.54, 1.807) is 19.2 Å². The van der Waals surface area contributed by atoms with Crippen molar-refractivity contribution in [2.24, 2.45) is 10.9 Å². The first-order chi connectivity index (χ1) is 11.9. The lowest BCUT2D eigenvalue weighted by molar-refractivity contribution is 0.0625. The molecule has 1 aromatic carbocycles. The van der Waals surface area contributed by atoms with E-state index >= 15 is 0 Å². The number of halogens is 1. The van der Waals surface area contributed by atoms with Crippen LogP contribution in [0.1, 0.15) is 24.8 Å². The van der Waals surface area contributed by atoms with E-state index < -0.39 is 9.84 Å². The summed E-state index contributed by atoms with van der Waals surface area (Å²) in [6.07, 6.45) is 4.65. The summed E-state index contributed by atoms with van der Waals surface area (Å²) < 4.78 is 28.4. The molecule has 1 saturated heterocycles. The van der Waals surface area contributed by atoms with E-state index in [2.05, 4.69) is 15.2 Å². The van der Waals surface area contributed by atoms with Gasteiger partial charge >= 0.3 is 0 Å². The highest BCUT2D eigenvalue weighted by Gasteiger charge is 2.15. The number of nitrogens with zero attached hydrogens (tertiary/aromatic N) is 2. The molecule has 1 aliphatic rings. The fourth-order valence-electron chi connectivity index (χ4n) is 2.94. The molecular weight excluding hydrogens is 465 g/mol. The second-order valence-electron chi connectivity index (χ2n) is 6.58. The number of ether oxygens (including phenoxy) is 1. The van der Waals surface area contributed by atoms with Gasteiger partial charge in [0.05, 0.1) is 4.90 Å². The van der Waals surface area contributed by atoms with Crippen molar-refractivity contribution in [2.45, 2.75) is 30.7 Å². The van der Waals surface area contributed by atoms with Gasteiger partial charge in [0.15, 0.2) is 15.8 Å². The summed E-state index contributed by atoms with van der Waals surface area (Å²) in [5, 5.41) is 3.33. The summed E-state index contributed by atoms with van der Waals surface area (Å²) in [6, 6.07) is 6.95. The van der Waals surface area contributed by atoms with Crippen LogP contribution in [0.15, 0.2) is 34.2 Å². The van der Waals surface area contributed by atoms with Crippen LogP contribution in [0.3, 0.4) is 0 Å². The SMILES string of the molecule is CN=C(NCc1ccc(S(C)(=O)=O)cc1)N(C)CCC1CCOCC1.I. The molecule has 0 radical (unpaired) electrons. The maximum atomic E-state index is 11.5. The number of nitrogens with one attached hydrogen (secondary N) is 1. The molecule has 0 atom stereocenters. The summed E-state index contributed by atoms with van der Waals surface area (Å²) >= 11 is 0. The van der Waals surface area contributed by atoms with Gasteiger partial charge in [-0.2, -0.15) is 0 Å². The van der Waals surface area contributed by atoms with Gasteiger partial charge in [0, 0.05) is 46.7 Å². The Bertz CT molecular complexity index is 671. The lowest BCUT2D eigenvalue weighted by Gasteiger charge is -2.26. The van der Waals surface area contributed by atoms with Crippen LogP contribution in [-0.2, 0) is 21.1 Å². The fraction of sp³-hybridized carbons (Fsp3) is 0.611. The highest BCUT2D eigenvalue weighted by Crippen LogP contribution is 2.18. The molecule has 148 valence electrons. The summed E-state index contributed by atoms with van der Waals surface area (Å²) in [5.41, 5.74) is 1.02. The molecule has 8 heteroatoms. The van der Waals surface area contributed by atoms with Crippen LogP contribution < -0.4 is 5.32 Å². The van der Waals surface area contributed by atoms with Crippen molar-refractivity contribution in [3.8, 4) is 0 Å². The first-order valence-corrected chi connectivity index (χ1v) is 10.6. The van der Waals surface area contributed by atoms with Gasteiger partial charge in [0.2, 0.25) is 0 Å². The third kappa shape index (κ3) is 7.40. The molecular formula is C18H30IN3O3S. The van der Waals surface area contributed by atoms with Crippen LogP contribution in [-0.4, -0.2) is 59.4 Å². The predicted molar refractivity (Wildman–Crippen MR) is 116 cm³/mol. The Kier molecular flexibility index (Phi) is 9.88. The smallest absolute Gasteiger partial charge is 0.193 e. The molecule has 0 spiro atoms. The normalized spacial score (nSPS) is 16.0. The Morgan fingerprint density at radius 1 is 1.27 bits per heavy atom. The van der Waals surface area contributed by atoms with Gasteiger partial charge in [-0.3, -0.25) is 4.99 Å². The Labute approximate surface area is 174 Å². The molecule has 26 heavy (non-hydrogen) atoms. The molecule has 0 saturated carbocycles. The minimum absolute atomic E-state index is 0. The Morgan fingerprint density at radius 3 is 2.42 bits per heavy atom. The number of hydrogen-bond acceptors (Lipinski definition) is 4. The molecule has 0 unspecified atom stereocenters. The van der Waals surface area contributed by atoms with Crippen molar-refractivity contribution in [2.75, 3.05) is 40.1 Å². The van der Waals surface area contributed by atoms with Gasteiger partial charge in [-0.1, -0.05) is 12.1 Å². The molecule has 1 fully saturated rings. The van der Waals surface area contributed by atoms with Crippen LogP contribution in [0, 0.1) is 5.92 Å². The molecule has 0 bridgehead atoms. The highest BCUT2D eigenvalue weighted by molar-refractivity contribution is 14.0. The number of sulfone groups is 1. The van der Waals surface area contributed by atoms with Crippen molar-refractivity contribution in [3.63, 3.8) is 0 Å². The minimum Gasteiger partial charge on any atom is -0.381 e. The summed E-state index contributed by atoms with van der Waals surface area (Å²) in [6.45, 7) is 3.32. The molecule has 1 aliphatic heterocycles. The largest absolute Gasteiger partial charge is 0.381 e. The van der Waals surface area contributed by atoms with E-state index in [0.29, 0.717) is 11.4 Å². The van der Waals surface area contributed by atoms with E-state index in [1.165, 1.54) is 6.26 Å². The molecule has 0 amide bonds. The van der Waals surface area contributed by atoms with E-state index in [9.17, 15) is 8.42 Å². The number of guanidine groups is 1. The second kappa shape index (κ2) is 11.1. The molecule has 1 heterocycles. The molecule has 0 aromatic heterocycles. The quantitative estimate of drug-likeness (QED) is 0.373. The van der Waals surface area contributed by atoms with Crippen LogP contribution >= 0.6 is 24.0 Å².